The van der Waals surface area contributed by atoms with E-state index in [4.69, 9.17) is 10.5 Å². The summed E-state index contributed by atoms with van der Waals surface area (Å²) < 4.78 is 4.87. The molecule has 0 aliphatic heterocycles. The first-order valence-electron chi connectivity index (χ1n) is 6.23. The van der Waals surface area contributed by atoms with Crippen LogP contribution in [0.1, 0.15) is 32.6 Å². The number of hydrogen-bond donors (Lipinski definition) is 1. The highest BCUT2D eigenvalue weighted by molar-refractivity contribution is 5.81. The number of esters is 1. The van der Waals surface area contributed by atoms with Crippen molar-refractivity contribution in [1.29, 1.82) is 0 Å². The topological polar surface area (TPSA) is 55.6 Å². The lowest BCUT2D eigenvalue weighted by atomic mass is 9.93. The Hall–Kier alpha value is -0.610. The fourth-order valence-corrected chi connectivity index (χ4v) is 2.42. The van der Waals surface area contributed by atoms with Gasteiger partial charge in [-0.2, -0.15) is 0 Å². The van der Waals surface area contributed by atoms with Crippen molar-refractivity contribution in [3.8, 4) is 0 Å². The molecule has 2 rings (SSSR count). The molecule has 0 amide bonds. The zero-order chi connectivity index (χ0) is 11.8. The monoisotopic (exact) mass is 226 g/mol. The summed E-state index contributed by atoms with van der Waals surface area (Å²) in [6.45, 7) is 3.75. The molecule has 4 nitrogen and oxygen atoms in total. The molecule has 2 N–H and O–H groups in total. The molecule has 0 spiro atoms. The van der Waals surface area contributed by atoms with Crippen LogP contribution in [0.15, 0.2) is 0 Å². The molecule has 1 unspecified atom stereocenters. The number of rotatable bonds is 6. The van der Waals surface area contributed by atoms with Crippen molar-refractivity contribution in [2.24, 2.45) is 11.7 Å². The number of carbonyl (C=O) groups excluding carboxylic acids is 1. The summed E-state index contributed by atoms with van der Waals surface area (Å²) in [5.74, 6) is 0.0850. The third-order valence-electron chi connectivity index (χ3n) is 3.81. The Kier molecular flexibility index (Phi) is 3.22. The second-order valence-corrected chi connectivity index (χ2v) is 5.10. The van der Waals surface area contributed by atoms with E-state index in [0.29, 0.717) is 18.5 Å². The van der Waals surface area contributed by atoms with Gasteiger partial charge in [-0.25, -0.2) is 0 Å². The van der Waals surface area contributed by atoms with E-state index in [2.05, 4.69) is 11.8 Å². The summed E-state index contributed by atoms with van der Waals surface area (Å²) in [5, 5.41) is 0. The van der Waals surface area contributed by atoms with Crippen LogP contribution in [0.25, 0.3) is 0 Å². The normalized spacial score (nSPS) is 24.2. The predicted molar refractivity (Wildman–Crippen MR) is 61.9 cm³/mol. The van der Waals surface area contributed by atoms with Crippen molar-refractivity contribution in [3.63, 3.8) is 0 Å². The minimum Gasteiger partial charge on any atom is -0.468 e. The number of nitrogens with zero attached hydrogens (tertiary/aromatic N) is 1. The van der Waals surface area contributed by atoms with Crippen LogP contribution in [-0.2, 0) is 9.53 Å². The maximum Gasteiger partial charge on any atom is 0.327 e. The molecular formula is C12H22N2O2. The molecule has 0 aromatic heterocycles. The van der Waals surface area contributed by atoms with E-state index in [1.807, 2.05) is 0 Å². The van der Waals surface area contributed by atoms with Crippen LogP contribution in [0.5, 0.6) is 0 Å². The lowest BCUT2D eigenvalue weighted by Crippen LogP contribution is -2.58. The molecule has 0 radical (unpaired) electrons. The average Bonchev–Trinajstić information content (AvgIpc) is 3.14. The number of methoxy groups -OCH3 is 1. The molecule has 2 aliphatic rings. The Morgan fingerprint density at radius 3 is 2.44 bits per heavy atom. The van der Waals surface area contributed by atoms with Gasteiger partial charge in [0.25, 0.3) is 0 Å². The van der Waals surface area contributed by atoms with Crippen molar-refractivity contribution < 1.29 is 9.53 Å². The standard InChI is InChI=1S/C12H22N2O2/c1-3-14(10-6-7-10)8-12(13,9-4-5-9)11(15)16-2/h9-10H,3-8,13H2,1-2H3. The van der Waals surface area contributed by atoms with Crippen LogP contribution >= 0.6 is 0 Å². The number of likely N-dealkylation sites (N-methyl/N-ethyl adjacent to an activating group) is 1. The van der Waals surface area contributed by atoms with Gasteiger partial charge in [-0.3, -0.25) is 9.69 Å². The maximum absolute atomic E-state index is 11.8. The first-order valence-corrected chi connectivity index (χ1v) is 6.23. The van der Waals surface area contributed by atoms with Gasteiger partial charge in [0.05, 0.1) is 7.11 Å². The number of ether oxygens (including phenoxy) is 1. The zero-order valence-corrected chi connectivity index (χ0v) is 10.2. The van der Waals surface area contributed by atoms with Gasteiger partial charge in [0, 0.05) is 12.6 Å². The van der Waals surface area contributed by atoms with E-state index in [1.54, 1.807) is 0 Å². The van der Waals surface area contributed by atoms with Gasteiger partial charge in [-0.1, -0.05) is 6.92 Å². The average molecular weight is 226 g/mol. The van der Waals surface area contributed by atoms with E-state index in [1.165, 1.54) is 20.0 Å². The molecule has 0 bridgehead atoms. The van der Waals surface area contributed by atoms with Crippen LogP contribution in [0.3, 0.4) is 0 Å². The van der Waals surface area contributed by atoms with Crippen LogP contribution in [0.4, 0.5) is 0 Å². The highest BCUT2D eigenvalue weighted by Crippen LogP contribution is 2.40. The molecule has 0 aromatic rings. The molecular weight excluding hydrogens is 204 g/mol. The molecule has 16 heavy (non-hydrogen) atoms. The van der Waals surface area contributed by atoms with E-state index >= 15 is 0 Å². The van der Waals surface area contributed by atoms with E-state index in [-0.39, 0.29) is 5.97 Å². The van der Waals surface area contributed by atoms with Crippen molar-refractivity contribution in [1.82, 2.24) is 4.90 Å². The molecule has 4 heteroatoms. The summed E-state index contributed by atoms with van der Waals surface area (Å²) in [5.41, 5.74) is 5.51. The van der Waals surface area contributed by atoms with Gasteiger partial charge in [0.2, 0.25) is 0 Å². The van der Waals surface area contributed by atoms with Gasteiger partial charge in [0.15, 0.2) is 0 Å². The van der Waals surface area contributed by atoms with Gasteiger partial charge in [-0.15, -0.1) is 0 Å². The van der Waals surface area contributed by atoms with Gasteiger partial charge in [-0.05, 0) is 38.1 Å². The fourth-order valence-electron chi connectivity index (χ4n) is 2.42. The quantitative estimate of drug-likeness (QED) is 0.679. The Morgan fingerprint density at radius 1 is 1.44 bits per heavy atom. The van der Waals surface area contributed by atoms with Gasteiger partial charge >= 0.3 is 5.97 Å². The molecule has 2 fully saturated rings. The molecule has 1 atom stereocenters. The highest BCUT2D eigenvalue weighted by Gasteiger charge is 2.50. The second-order valence-electron chi connectivity index (χ2n) is 5.10. The summed E-state index contributed by atoms with van der Waals surface area (Å²) in [6, 6.07) is 0.649. The summed E-state index contributed by atoms with van der Waals surface area (Å²) in [4.78, 5) is 14.2. The third kappa shape index (κ3) is 2.23. The zero-order valence-electron chi connectivity index (χ0n) is 10.2. The number of nitrogens with two attached hydrogens (primary N) is 1. The lowest BCUT2D eigenvalue weighted by Gasteiger charge is -2.32. The van der Waals surface area contributed by atoms with Crippen molar-refractivity contribution in [3.05, 3.63) is 0 Å². The molecule has 0 aromatic carbocycles. The van der Waals surface area contributed by atoms with Crippen LogP contribution in [-0.4, -0.2) is 42.6 Å². The molecule has 92 valence electrons. The Balaban J connectivity index is 2.03. The van der Waals surface area contributed by atoms with Crippen molar-refractivity contribution in [2.45, 2.75) is 44.2 Å². The SMILES string of the molecule is CCN(CC(N)(C(=O)OC)C1CC1)C1CC1. The number of carbonyl (C=O) groups is 1. The largest absolute Gasteiger partial charge is 0.468 e. The minimum atomic E-state index is -0.770. The Bertz CT molecular complexity index is 274. The van der Waals surface area contributed by atoms with Crippen LogP contribution in [0, 0.1) is 5.92 Å². The third-order valence-corrected chi connectivity index (χ3v) is 3.81. The molecule has 0 saturated heterocycles. The van der Waals surface area contributed by atoms with Gasteiger partial charge in [0.1, 0.15) is 5.54 Å². The molecule has 0 heterocycles. The predicted octanol–water partition coefficient (Wildman–Crippen LogP) is 0.751. The van der Waals surface area contributed by atoms with Gasteiger partial charge < -0.3 is 10.5 Å². The van der Waals surface area contributed by atoms with E-state index in [0.717, 1.165) is 19.4 Å². The van der Waals surface area contributed by atoms with Crippen molar-refractivity contribution in [2.75, 3.05) is 20.2 Å². The van der Waals surface area contributed by atoms with Crippen LogP contribution in [0.2, 0.25) is 0 Å². The van der Waals surface area contributed by atoms with E-state index in [9.17, 15) is 4.79 Å². The molecule has 2 saturated carbocycles. The maximum atomic E-state index is 11.8. The van der Waals surface area contributed by atoms with E-state index < -0.39 is 5.54 Å². The second kappa shape index (κ2) is 4.34. The summed E-state index contributed by atoms with van der Waals surface area (Å²) in [6.07, 6.45) is 4.62. The smallest absolute Gasteiger partial charge is 0.327 e. The van der Waals surface area contributed by atoms with Crippen LogP contribution < -0.4 is 5.73 Å². The highest BCUT2D eigenvalue weighted by atomic mass is 16.5. The number of hydrogen-bond acceptors (Lipinski definition) is 4. The lowest BCUT2D eigenvalue weighted by molar-refractivity contribution is -0.149. The minimum absolute atomic E-state index is 0.242. The first kappa shape index (κ1) is 11.9. The first-order chi connectivity index (χ1) is 7.61. The Labute approximate surface area is 97.1 Å². The summed E-state index contributed by atoms with van der Waals surface area (Å²) >= 11 is 0. The molecule has 2 aliphatic carbocycles. The van der Waals surface area contributed by atoms with Crippen molar-refractivity contribution >= 4 is 5.97 Å². The fraction of sp³-hybridized carbons (Fsp3) is 0.917. The summed E-state index contributed by atoms with van der Waals surface area (Å²) in [7, 11) is 1.43. The Morgan fingerprint density at radius 2 is 2.06 bits per heavy atom.